The molecule has 1 amide bonds. The molecule has 1 aromatic carbocycles. The molecule has 2 rings (SSSR count). The van der Waals surface area contributed by atoms with E-state index in [0.29, 0.717) is 35.4 Å². The van der Waals surface area contributed by atoms with Gasteiger partial charge in [0.1, 0.15) is 5.75 Å². The number of anilines is 1. The molecule has 1 aliphatic heterocycles. The van der Waals surface area contributed by atoms with Crippen molar-refractivity contribution >= 4 is 23.2 Å². The minimum atomic E-state index is 0.0140. The Bertz CT molecular complexity index is 459. The van der Waals surface area contributed by atoms with Crippen molar-refractivity contribution in [3.63, 3.8) is 0 Å². The number of nitrogens with one attached hydrogen (secondary N) is 2. The second-order valence-electron chi connectivity index (χ2n) is 5.02. The lowest BCUT2D eigenvalue weighted by molar-refractivity contribution is -0.116. The van der Waals surface area contributed by atoms with E-state index in [2.05, 4.69) is 10.6 Å². The van der Waals surface area contributed by atoms with Gasteiger partial charge in [-0.2, -0.15) is 0 Å². The highest BCUT2D eigenvalue weighted by Gasteiger charge is 2.16. The molecule has 2 N–H and O–H groups in total. The third kappa shape index (κ3) is 4.39. The molecule has 0 bridgehead atoms. The number of hydrogen-bond acceptors (Lipinski definition) is 3. The fourth-order valence-electron chi connectivity index (χ4n) is 2.39. The standard InChI is InChI=1S/C15H21ClN2O2/c1-2-20-14-5-4-12(16)9-13(14)18-15(19)6-3-11-7-8-17-10-11/h4-5,9,11,17H,2-3,6-8,10H2,1H3,(H,18,19). The summed E-state index contributed by atoms with van der Waals surface area (Å²) >= 11 is 5.97. The molecule has 1 heterocycles. The van der Waals surface area contributed by atoms with Crippen LogP contribution in [-0.2, 0) is 4.79 Å². The number of ether oxygens (including phenoxy) is 1. The molecule has 1 unspecified atom stereocenters. The third-order valence-corrected chi connectivity index (χ3v) is 3.69. The van der Waals surface area contributed by atoms with Crippen molar-refractivity contribution in [3.05, 3.63) is 23.2 Å². The van der Waals surface area contributed by atoms with E-state index in [9.17, 15) is 4.79 Å². The van der Waals surface area contributed by atoms with Crippen LogP contribution in [0.4, 0.5) is 5.69 Å². The van der Waals surface area contributed by atoms with Crippen LogP contribution in [0.5, 0.6) is 5.75 Å². The van der Waals surface area contributed by atoms with Crippen molar-refractivity contribution < 1.29 is 9.53 Å². The van der Waals surface area contributed by atoms with Crippen LogP contribution in [0.2, 0.25) is 5.02 Å². The number of rotatable bonds is 6. The van der Waals surface area contributed by atoms with Gasteiger partial charge in [-0.05, 0) is 57.0 Å². The zero-order chi connectivity index (χ0) is 14.4. The summed E-state index contributed by atoms with van der Waals surface area (Å²) in [5.74, 6) is 1.29. The van der Waals surface area contributed by atoms with E-state index in [4.69, 9.17) is 16.3 Å². The fourth-order valence-corrected chi connectivity index (χ4v) is 2.56. The summed E-state index contributed by atoms with van der Waals surface area (Å²) < 4.78 is 5.49. The molecule has 1 atom stereocenters. The van der Waals surface area contributed by atoms with E-state index in [-0.39, 0.29) is 5.91 Å². The maximum absolute atomic E-state index is 12.0. The van der Waals surface area contributed by atoms with Gasteiger partial charge in [0.15, 0.2) is 0 Å². The van der Waals surface area contributed by atoms with Gasteiger partial charge < -0.3 is 15.4 Å². The molecule has 4 nitrogen and oxygen atoms in total. The zero-order valence-corrected chi connectivity index (χ0v) is 12.5. The minimum absolute atomic E-state index is 0.0140. The summed E-state index contributed by atoms with van der Waals surface area (Å²) in [5, 5.41) is 6.79. The molecular weight excluding hydrogens is 276 g/mol. The van der Waals surface area contributed by atoms with Crippen LogP contribution in [0, 0.1) is 5.92 Å². The maximum Gasteiger partial charge on any atom is 0.224 e. The maximum atomic E-state index is 12.0. The molecule has 5 heteroatoms. The van der Waals surface area contributed by atoms with Crippen molar-refractivity contribution in [2.24, 2.45) is 5.92 Å². The average Bonchev–Trinajstić information content (AvgIpc) is 2.93. The predicted octanol–water partition coefficient (Wildman–Crippen LogP) is 3.07. The van der Waals surface area contributed by atoms with Crippen molar-refractivity contribution in [2.45, 2.75) is 26.2 Å². The third-order valence-electron chi connectivity index (χ3n) is 3.46. The van der Waals surface area contributed by atoms with Crippen LogP contribution in [0.3, 0.4) is 0 Å². The predicted molar refractivity (Wildman–Crippen MR) is 81.5 cm³/mol. The van der Waals surface area contributed by atoms with Gasteiger partial charge in [0.25, 0.3) is 0 Å². The Morgan fingerprint density at radius 1 is 1.55 bits per heavy atom. The van der Waals surface area contributed by atoms with Gasteiger partial charge in [0.05, 0.1) is 12.3 Å². The Morgan fingerprint density at radius 3 is 3.10 bits per heavy atom. The highest BCUT2D eigenvalue weighted by atomic mass is 35.5. The number of carbonyl (C=O) groups is 1. The highest BCUT2D eigenvalue weighted by molar-refractivity contribution is 6.31. The van der Waals surface area contributed by atoms with Gasteiger partial charge in [-0.1, -0.05) is 11.6 Å². The summed E-state index contributed by atoms with van der Waals surface area (Å²) in [6, 6.07) is 5.26. The van der Waals surface area contributed by atoms with Crippen molar-refractivity contribution in [3.8, 4) is 5.75 Å². The SMILES string of the molecule is CCOc1ccc(Cl)cc1NC(=O)CCC1CCNC1. The van der Waals surface area contributed by atoms with Crippen LogP contribution in [0.15, 0.2) is 18.2 Å². The normalized spacial score (nSPS) is 18.0. The fraction of sp³-hybridized carbons (Fsp3) is 0.533. The Morgan fingerprint density at radius 2 is 2.40 bits per heavy atom. The largest absolute Gasteiger partial charge is 0.492 e. The molecule has 110 valence electrons. The average molecular weight is 297 g/mol. The van der Waals surface area contributed by atoms with Gasteiger partial charge in [-0.3, -0.25) is 4.79 Å². The first-order chi connectivity index (χ1) is 9.69. The van der Waals surface area contributed by atoms with E-state index >= 15 is 0 Å². The topological polar surface area (TPSA) is 50.4 Å². The van der Waals surface area contributed by atoms with Crippen LogP contribution in [0.25, 0.3) is 0 Å². The summed E-state index contributed by atoms with van der Waals surface area (Å²) in [6.45, 7) is 4.55. The van der Waals surface area contributed by atoms with E-state index in [0.717, 1.165) is 25.9 Å². The molecule has 0 saturated carbocycles. The Labute approximate surface area is 124 Å². The molecule has 1 fully saturated rings. The number of halogens is 1. The Kier molecular flexibility index (Phi) is 5.68. The second-order valence-corrected chi connectivity index (χ2v) is 5.46. The summed E-state index contributed by atoms with van der Waals surface area (Å²) in [5.41, 5.74) is 0.647. The molecule has 0 aromatic heterocycles. The number of amides is 1. The van der Waals surface area contributed by atoms with E-state index in [1.165, 1.54) is 0 Å². The summed E-state index contributed by atoms with van der Waals surface area (Å²) in [4.78, 5) is 12.0. The first kappa shape index (κ1) is 15.1. The molecule has 0 aliphatic carbocycles. The molecule has 20 heavy (non-hydrogen) atoms. The molecule has 1 aromatic rings. The van der Waals surface area contributed by atoms with Crippen LogP contribution in [-0.4, -0.2) is 25.6 Å². The lowest BCUT2D eigenvalue weighted by atomic mass is 10.0. The number of benzene rings is 1. The van der Waals surface area contributed by atoms with Gasteiger partial charge in [0.2, 0.25) is 5.91 Å². The Balaban J connectivity index is 1.90. The number of hydrogen-bond donors (Lipinski definition) is 2. The van der Waals surface area contributed by atoms with Crippen LogP contribution in [0.1, 0.15) is 26.2 Å². The van der Waals surface area contributed by atoms with Crippen molar-refractivity contribution in [2.75, 3.05) is 25.0 Å². The molecule has 0 radical (unpaired) electrons. The van der Waals surface area contributed by atoms with Gasteiger partial charge >= 0.3 is 0 Å². The monoisotopic (exact) mass is 296 g/mol. The van der Waals surface area contributed by atoms with Gasteiger partial charge in [0, 0.05) is 11.4 Å². The molecule has 1 saturated heterocycles. The quantitative estimate of drug-likeness (QED) is 0.848. The smallest absolute Gasteiger partial charge is 0.224 e. The minimum Gasteiger partial charge on any atom is -0.492 e. The van der Waals surface area contributed by atoms with E-state index < -0.39 is 0 Å². The van der Waals surface area contributed by atoms with Crippen molar-refractivity contribution in [1.29, 1.82) is 0 Å². The van der Waals surface area contributed by atoms with Crippen LogP contribution >= 0.6 is 11.6 Å². The first-order valence-corrected chi connectivity index (χ1v) is 7.49. The van der Waals surface area contributed by atoms with Crippen molar-refractivity contribution in [1.82, 2.24) is 5.32 Å². The van der Waals surface area contributed by atoms with Crippen LogP contribution < -0.4 is 15.4 Å². The molecule has 1 aliphatic rings. The first-order valence-electron chi connectivity index (χ1n) is 7.12. The van der Waals surface area contributed by atoms with Gasteiger partial charge in [-0.25, -0.2) is 0 Å². The van der Waals surface area contributed by atoms with E-state index in [1.807, 2.05) is 6.92 Å². The Hall–Kier alpha value is -1.26. The summed E-state index contributed by atoms with van der Waals surface area (Å²) in [6.07, 6.45) is 2.61. The van der Waals surface area contributed by atoms with E-state index in [1.54, 1.807) is 18.2 Å². The summed E-state index contributed by atoms with van der Waals surface area (Å²) in [7, 11) is 0. The lowest BCUT2D eigenvalue weighted by Gasteiger charge is -2.13. The zero-order valence-electron chi connectivity index (χ0n) is 11.7. The molecule has 0 spiro atoms. The lowest BCUT2D eigenvalue weighted by Crippen LogP contribution is -2.15. The number of carbonyl (C=O) groups excluding carboxylic acids is 1. The molecular formula is C15H21ClN2O2. The highest BCUT2D eigenvalue weighted by Crippen LogP contribution is 2.28. The second kappa shape index (κ2) is 7.50. The van der Waals surface area contributed by atoms with Gasteiger partial charge in [-0.15, -0.1) is 0 Å².